The summed E-state index contributed by atoms with van der Waals surface area (Å²) >= 11 is 3.27. The summed E-state index contributed by atoms with van der Waals surface area (Å²) in [6, 6.07) is 2.11. The number of nitrogens with zero attached hydrogens (tertiary/aromatic N) is 2. The SMILES string of the molecule is CCCCN(c1ncc(Br)cc1C(=O)O)C1CC1. The molecule has 0 atom stereocenters. The third-order valence-electron chi connectivity index (χ3n) is 3.08. The summed E-state index contributed by atoms with van der Waals surface area (Å²) in [7, 11) is 0. The zero-order valence-corrected chi connectivity index (χ0v) is 12.0. The van der Waals surface area contributed by atoms with E-state index in [1.807, 2.05) is 0 Å². The molecule has 1 heterocycles. The average molecular weight is 313 g/mol. The van der Waals surface area contributed by atoms with Crippen LogP contribution in [0.1, 0.15) is 43.0 Å². The van der Waals surface area contributed by atoms with Crippen molar-refractivity contribution in [3.63, 3.8) is 0 Å². The van der Waals surface area contributed by atoms with Crippen LogP contribution in [0.3, 0.4) is 0 Å². The number of carbonyl (C=O) groups is 1. The van der Waals surface area contributed by atoms with Crippen LogP contribution in [0, 0.1) is 0 Å². The molecule has 2 rings (SSSR count). The summed E-state index contributed by atoms with van der Waals surface area (Å²) in [5.74, 6) is -0.303. The molecule has 1 aromatic heterocycles. The topological polar surface area (TPSA) is 53.4 Å². The fourth-order valence-corrected chi connectivity index (χ4v) is 2.33. The molecule has 0 radical (unpaired) electrons. The van der Waals surface area contributed by atoms with Crippen molar-refractivity contribution < 1.29 is 9.90 Å². The van der Waals surface area contributed by atoms with Gasteiger partial charge in [0.2, 0.25) is 0 Å². The molecule has 0 unspecified atom stereocenters. The first kappa shape index (κ1) is 13.3. The molecule has 4 nitrogen and oxygen atoms in total. The highest BCUT2D eigenvalue weighted by molar-refractivity contribution is 9.10. The summed E-state index contributed by atoms with van der Waals surface area (Å²) in [5, 5.41) is 9.28. The Morgan fingerprint density at radius 2 is 2.33 bits per heavy atom. The van der Waals surface area contributed by atoms with Gasteiger partial charge in [-0.25, -0.2) is 9.78 Å². The maximum atomic E-state index is 11.3. The van der Waals surface area contributed by atoms with Crippen molar-refractivity contribution in [3.05, 3.63) is 22.3 Å². The molecule has 1 aliphatic rings. The number of aromatic carboxylic acids is 1. The summed E-state index contributed by atoms with van der Waals surface area (Å²) in [6.07, 6.45) is 6.11. The van der Waals surface area contributed by atoms with Crippen molar-refractivity contribution in [1.29, 1.82) is 0 Å². The van der Waals surface area contributed by atoms with Gasteiger partial charge in [-0.3, -0.25) is 0 Å². The zero-order valence-electron chi connectivity index (χ0n) is 10.4. The van der Waals surface area contributed by atoms with E-state index in [2.05, 4.69) is 32.7 Å². The normalized spacial score (nSPS) is 14.6. The van der Waals surface area contributed by atoms with Crippen LogP contribution >= 0.6 is 15.9 Å². The quantitative estimate of drug-likeness (QED) is 0.875. The first-order valence-corrected chi connectivity index (χ1v) is 7.08. The van der Waals surface area contributed by atoms with Crippen LogP contribution in [0.2, 0.25) is 0 Å². The second kappa shape index (κ2) is 5.69. The van der Waals surface area contributed by atoms with E-state index in [0.717, 1.165) is 32.2 Å². The van der Waals surface area contributed by atoms with Crippen LogP contribution in [0.5, 0.6) is 0 Å². The molecule has 1 saturated carbocycles. The van der Waals surface area contributed by atoms with Crippen molar-refractivity contribution in [2.45, 2.75) is 38.6 Å². The van der Waals surface area contributed by atoms with E-state index >= 15 is 0 Å². The number of anilines is 1. The maximum absolute atomic E-state index is 11.3. The van der Waals surface area contributed by atoms with Gasteiger partial charge in [-0.1, -0.05) is 13.3 Å². The Kier molecular flexibility index (Phi) is 4.22. The number of halogens is 1. The van der Waals surface area contributed by atoms with Crippen LogP contribution in [0.25, 0.3) is 0 Å². The third kappa shape index (κ3) is 3.02. The summed E-state index contributed by atoms with van der Waals surface area (Å²) in [6.45, 7) is 3.02. The highest BCUT2D eigenvalue weighted by Gasteiger charge is 2.32. The Balaban J connectivity index is 2.30. The molecule has 0 spiro atoms. The van der Waals surface area contributed by atoms with Crippen LogP contribution < -0.4 is 4.90 Å². The molecule has 1 aliphatic carbocycles. The molecular weight excluding hydrogens is 296 g/mol. The van der Waals surface area contributed by atoms with E-state index < -0.39 is 5.97 Å². The summed E-state index contributed by atoms with van der Waals surface area (Å²) in [5.41, 5.74) is 0.285. The monoisotopic (exact) mass is 312 g/mol. The molecule has 0 bridgehead atoms. The van der Waals surface area contributed by atoms with Gasteiger partial charge in [-0.15, -0.1) is 0 Å². The molecule has 0 aromatic carbocycles. The maximum Gasteiger partial charge on any atom is 0.339 e. The Morgan fingerprint density at radius 3 is 2.89 bits per heavy atom. The van der Waals surface area contributed by atoms with Gasteiger partial charge < -0.3 is 10.0 Å². The number of unbranched alkanes of at least 4 members (excludes halogenated alkanes) is 1. The van der Waals surface area contributed by atoms with Gasteiger partial charge in [-0.2, -0.15) is 0 Å². The van der Waals surface area contributed by atoms with Crippen molar-refractivity contribution in [3.8, 4) is 0 Å². The highest BCUT2D eigenvalue weighted by Crippen LogP contribution is 2.33. The molecule has 1 aromatic rings. The fourth-order valence-electron chi connectivity index (χ4n) is 1.99. The standard InChI is InChI=1S/C13H17BrN2O2/c1-2-3-6-16(10-4-5-10)12-11(13(17)18)7-9(14)8-15-12/h7-8,10H,2-6H2,1H3,(H,17,18). The first-order chi connectivity index (χ1) is 8.63. The van der Waals surface area contributed by atoms with Crippen molar-refractivity contribution in [1.82, 2.24) is 4.98 Å². The predicted octanol–water partition coefficient (Wildman–Crippen LogP) is 3.31. The number of pyridine rings is 1. The Bertz CT molecular complexity index is 447. The highest BCUT2D eigenvalue weighted by atomic mass is 79.9. The molecule has 5 heteroatoms. The Hall–Kier alpha value is -1.10. The largest absolute Gasteiger partial charge is 0.478 e. The Morgan fingerprint density at radius 1 is 1.61 bits per heavy atom. The van der Waals surface area contributed by atoms with Crippen molar-refractivity contribution in [2.75, 3.05) is 11.4 Å². The predicted molar refractivity (Wildman–Crippen MR) is 74.2 cm³/mol. The second-order valence-corrected chi connectivity index (χ2v) is 5.52. The first-order valence-electron chi connectivity index (χ1n) is 6.29. The fraction of sp³-hybridized carbons (Fsp3) is 0.538. The number of carboxylic acids is 1. The number of hydrogen-bond donors (Lipinski definition) is 1. The number of hydrogen-bond acceptors (Lipinski definition) is 3. The lowest BCUT2D eigenvalue weighted by atomic mass is 10.2. The lowest BCUT2D eigenvalue weighted by molar-refractivity contribution is 0.0697. The van der Waals surface area contributed by atoms with Crippen molar-refractivity contribution >= 4 is 27.7 Å². The van der Waals surface area contributed by atoms with Crippen LogP contribution in [-0.4, -0.2) is 28.6 Å². The van der Waals surface area contributed by atoms with E-state index in [4.69, 9.17) is 0 Å². The number of rotatable bonds is 6. The Labute approximate surface area is 115 Å². The second-order valence-electron chi connectivity index (χ2n) is 4.61. The summed E-state index contributed by atoms with van der Waals surface area (Å²) < 4.78 is 0.704. The van der Waals surface area contributed by atoms with Gasteiger partial charge in [0.15, 0.2) is 0 Å². The lowest BCUT2D eigenvalue weighted by Crippen LogP contribution is -2.29. The molecular formula is C13H17BrN2O2. The van der Waals surface area contributed by atoms with E-state index in [9.17, 15) is 9.90 Å². The van der Waals surface area contributed by atoms with E-state index in [1.165, 1.54) is 0 Å². The minimum atomic E-state index is -0.916. The minimum Gasteiger partial charge on any atom is -0.478 e. The molecule has 18 heavy (non-hydrogen) atoms. The molecule has 0 amide bonds. The van der Waals surface area contributed by atoms with Gasteiger partial charge in [0.05, 0.1) is 0 Å². The lowest BCUT2D eigenvalue weighted by Gasteiger charge is -2.24. The zero-order chi connectivity index (χ0) is 13.1. The van der Waals surface area contributed by atoms with E-state index in [1.54, 1.807) is 12.3 Å². The molecule has 0 saturated heterocycles. The average Bonchev–Trinajstić information content (AvgIpc) is 3.15. The minimum absolute atomic E-state index is 0.285. The smallest absolute Gasteiger partial charge is 0.339 e. The van der Waals surface area contributed by atoms with E-state index in [0.29, 0.717) is 16.3 Å². The van der Waals surface area contributed by atoms with Gasteiger partial charge in [0.1, 0.15) is 11.4 Å². The van der Waals surface area contributed by atoms with Gasteiger partial charge in [0, 0.05) is 23.3 Å². The molecule has 1 N–H and O–H groups in total. The van der Waals surface area contributed by atoms with Crippen LogP contribution in [-0.2, 0) is 0 Å². The summed E-state index contributed by atoms with van der Waals surface area (Å²) in [4.78, 5) is 17.8. The number of aromatic nitrogens is 1. The van der Waals surface area contributed by atoms with Gasteiger partial charge >= 0.3 is 5.97 Å². The van der Waals surface area contributed by atoms with E-state index in [-0.39, 0.29) is 5.56 Å². The van der Waals surface area contributed by atoms with Crippen LogP contribution in [0.4, 0.5) is 5.82 Å². The number of carboxylic acid groups (broad SMARTS) is 1. The van der Waals surface area contributed by atoms with Crippen LogP contribution in [0.15, 0.2) is 16.7 Å². The molecule has 98 valence electrons. The van der Waals surface area contributed by atoms with Gasteiger partial charge in [-0.05, 0) is 41.3 Å². The molecule has 1 fully saturated rings. The molecule has 0 aliphatic heterocycles. The van der Waals surface area contributed by atoms with Crippen molar-refractivity contribution in [2.24, 2.45) is 0 Å². The van der Waals surface area contributed by atoms with Gasteiger partial charge in [0.25, 0.3) is 0 Å². The third-order valence-corrected chi connectivity index (χ3v) is 3.51.